The number of carbonyl (C=O) groups excluding carboxylic acids is 1. The number of carbonyl (C=O) groups is 1. The number of nitro groups is 1. The summed E-state index contributed by atoms with van der Waals surface area (Å²) < 4.78 is 1.57. The number of aryl methyl sites for hydroxylation is 1. The van der Waals surface area contributed by atoms with Crippen molar-refractivity contribution in [3.05, 3.63) is 22.6 Å². The highest BCUT2D eigenvalue weighted by Gasteiger charge is 2.22. The molecule has 0 bridgehead atoms. The second-order valence-electron chi connectivity index (χ2n) is 5.41. The van der Waals surface area contributed by atoms with Gasteiger partial charge in [-0.1, -0.05) is 19.8 Å². The minimum absolute atomic E-state index is 0.0000954. The van der Waals surface area contributed by atoms with Crippen molar-refractivity contribution in [2.24, 2.45) is 5.92 Å². The maximum atomic E-state index is 11.9. The van der Waals surface area contributed by atoms with Gasteiger partial charge in [-0.15, -0.1) is 0 Å². The average molecular weight is 280 g/mol. The first kappa shape index (κ1) is 14.5. The summed E-state index contributed by atoms with van der Waals surface area (Å²) in [5.41, 5.74) is 0. The minimum Gasteiger partial charge on any atom is -0.358 e. The summed E-state index contributed by atoms with van der Waals surface area (Å²) >= 11 is 0. The molecule has 1 saturated carbocycles. The molecule has 0 spiro atoms. The molecule has 7 heteroatoms. The van der Waals surface area contributed by atoms with Crippen LogP contribution in [0, 0.1) is 16.0 Å². The second kappa shape index (κ2) is 6.49. The van der Waals surface area contributed by atoms with E-state index in [4.69, 9.17) is 0 Å². The van der Waals surface area contributed by atoms with Crippen LogP contribution < -0.4 is 5.32 Å². The number of amides is 1. The zero-order valence-electron chi connectivity index (χ0n) is 11.6. The van der Waals surface area contributed by atoms with Crippen LogP contribution in [0.15, 0.2) is 12.5 Å². The van der Waals surface area contributed by atoms with Crippen molar-refractivity contribution in [2.75, 3.05) is 0 Å². The van der Waals surface area contributed by atoms with Crippen molar-refractivity contribution in [2.45, 2.75) is 51.6 Å². The fraction of sp³-hybridized carbons (Fsp3) is 0.692. The minimum atomic E-state index is -0.541. The van der Waals surface area contributed by atoms with Gasteiger partial charge >= 0.3 is 5.82 Å². The number of rotatable bonds is 5. The Morgan fingerprint density at radius 1 is 1.55 bits per heavy atom. The molecule has 0 radical (unpaired) electrons. The van der Waals surface area contributed by atoms with Crippen LogP contribution in [-0.4, -0.2) is 26.4 Å². The molecule has 1 aromatic rings. The van der Waals surface area contributed by atoms with E-state index in [9.17, 15) is 14.9 Å². The second-order valence-corrected chi connectivity index (χ2v) is 5.41. The van der Waals surface area contributed by atoms with E-state index in [1.807, 2.05) is 0 Å². The van der Waals surface area contributed by atoms with Crippen LogP contribution in [0.2, 0.25) is 0 Å². The van der Waals surface area contributed by atoms with Gasteiger partial charge in [0.15, 0.2) is 0 Å². The number of aromatic nitrogens is 2. The first-order valence-corrected chi connectivity index (χ1v) is 7.02. The zero-order chi connectivity index (χ0) is 14.5. The lowest BCUT2D eigenvalue weighted by molar-refractivity contribution is -0.389. The molecular weight excluding hydrogens is 260 g/mol. The Morgan fingerprint density at radius 3 is 2.95 bits per heavy atom. The SMILES string of the molecule is CC1CCCCC1NC(=O)CCn1cnc([N+](=O)[O-])c1. The summed E-state index contributed by atoms with van der Waals surface area (Å²) in [6, 6.07) is 0.272. The zero-order valence-corrected chi connectivity index (χ0v) is 11.6. The smallest absolute Gasteiger partial charge is 0.358 e. The molecule has 1 aliphatic carbocycles. The molecule has 20 heavy (non-hydrogen) atoms. The molecule has 2 unspecified atom stereocenters. The molecule has 1 fully saturated rings. The van der Waals surface area contributed by atoms with Crippen LogP contribution in [0.25, 0.3) is 0 Å². The fourth-order valence-corrected chi connectivity index (χ4v) is 2.61. The first-order chi connectivity index (χ1) is 9.56. The van der Waals surface area contributed by atoms with Gasteiger partial charge in [0.05, 0.1) is 0 Å². The monoisotopic (exact) mass is 280 g/mol. The van der Waals surface area contributed by atoms with Crippen molar-refractivity contribution >= 4 is 11.7 Å². The number of hydrogen-bond acceptors (Lipinski definition) is 4. The lowest BCUT2D eigenvalue weighted by atomic mass is 9.86. The predicted molar refractivity (Wildman–Crippen MR) is 73.1 cm³/mol. The Bertz CT molecular complexity index is 486. The molecule has 2 atom stereocenters. The molecule has 0 aliphatic heterocycles. The lowest BCUT2D eigenvalue weighted by Gasteiger charge is -2.29. The van der Waals surface area contributed by atoms with Gasteiger partial charge in [0.1, 0.15) is 6.20 Å². The third kappa shape index (κ3) is 3.79. The average Bonchev–Trinajstić information content (AvgIpc) is 2.88. The summed E-state index contributed by atoms with van der Waals surface area (Å²) in [6.45, 7) is 2.58. The predicted octanol–water partition coefficient (Wildman–Crippen LogP) is 1.88. The highest BCUT2D eigenvalue weighted by atomic mass is 16.6. The van der Waals surface area contributed by atoms with Gasteiger partial charge in [0.2, 0.25) is 12.2 Å². The number of nitrogens with one attached hydrogen (secondary N) is 1. The van der Waals surface area contributed by atoms with E-state index >= 15 is 0 Å². The quantitative estimate of drug-likeness (QED) is 0.658. The van der Waals surface area contributed by atoms with E-state index < -0.39 is 4.92 Å². The largest absolute Gasteiger partial charge is 0.381 e. The van der Waals surface area contributed by atoms with Gasteiger partial charge in [-0.2, -0.15) is 0 Å². The van der Waals surface area contributed by atoms with Crippen LogP contribution >= 0.6 is 0 Å². The molecule has 110 valence electrons. The van der Waals surface area contributed by atoms with Gasteiger partial charge in [-0.25, -0.2) is 0 Å². The molecule has 1 aromatic heterocycles. The van der Waals surface area contributed by atoms with Crippen molar-refractivity contribution < 1.29 is 9.72 Å². The highest BCUT2D eigenvalue weighted by Crippen LogP contribution is 2.23. The van der Waals surface area contributed by atoms with Crippen molar-refractivity contribution in [1.82, 2.24) is 14.9 Å². The van der Waals surface area contributed by atoms with Gasteiger partial charge in [0.25, 0.3) is 0 Å². The number of imidazole rings is 1. The van der Waals surface area contributed by atoms with Crippen LogP contribution in [0.3, 0.4) is 0 Å². The molecule has 1 amide bonds. The molecular formula is C13H20N4O3. The third-order valence-electron chi connectivity index (χ3n) is 3.86. The summed E-state index contributed by atoms with van der Waals surface area (Å²) in [5.74, 6) is 0.341. The molecule has 2 rings (SSSR count). The maximum Gasteiger partial charge on any atom is 0.381 e. The van der Waals surface area contributed by atoms with Crippen LogP contribution in [-0.2, 0) is 11.3 Å². The molecule has 1 N–H and O–H groups in total. The third-order valence-corrected chi connectivity index (χ3v) is 3.86. The van der Waals surface area contributed by atoms with Gasteiger partial charge in [0, 0.05) is 19.0 Å². The van der Waals surface area contributed by atoms with Crippen LogP contribution in [0.1, 0.15) is 39.0 Å². The molecule has 0 saturated heterocycles. The van der Waals surface area contributed by atoms with Gasteiger partial charge in [-0.05, 0) is 28.7 Å². The maximum absolute atomic E-state index is 11.9. The molecule has 0 aromatic carbocycles. The summed E-state index contributed by atoms with van der Waals surface area (Å²) in [7, 11) is 0. The highest BCUT2D eigenvalue weighted by molar-refractivity contribution is 5.76. The van der Waals surface area contributed by atoms with Crippen molar-refractivity contribution in [3.63, 3.8) is 0 Å². The Labute approximate surface area is 117 Å². The van der Waals surface area contributed by atoms with E-state index in [1.165, 1.54) is 31.8 Å². The first-order valence-electron chi connectivity index (χ1n) is 7.02. The standard InChI is InChI=1S/C13H20N4O3/c1-10-4-2-3-5-11(10)15-13(18)6-7-16-8-12(14-9-16)17(19)20/h8-11H,2-7H2,1H3,(H,15,18). The summed E-state index contributed by atoms with van der Waals surface area (Å²) in [4.78, 5) is 25.5. The molecule has 7 nitrogen and oxygen atoms in total. The Balaban J connectivity index is 1.78. The van der Waals surface area contributed by atoms with Crippen molar-refractivity contribution in [3.8, 4) is 0 Å². The van der Waals surface area contributed by atoms with Gasteiger partial charge in [-0.3, -0.25) is 4.79 Å². The normalized spacial score (nSPS) is 22.4. The van der Waals surface area contributed by atoms with E-state index in [1.54, 1.807) is 4.57 Å². The fourth-order valence-electron chi connectivity index (χ4n) is 2.61. The van der Waals surface area contributed by atoms with E-state index in [0.717, 1.165) is 6.42 Å². The van der Waals surface area contributed by atoms with Gasteiger partial charge < -0.3 is 20.0 Å². The number of nitrogens with zero attached hydrogens (tertiary/aromatic N) is 3. The molecule has 1 heterocycles. The summed E-state index contributed by atoms with van der Waals surface area (Å²) in [6.07, 6.45) is 7.67. The summed E-state index contributed by atoms with van der Waals surface area (Å²) in [5, 5.41) is 13.6. The Kier molecular flexibility index (Phi) is 4.70. The topological polar surface area (TPSA) is 90.1 Å². The molecule has 1 aliphatic rings. The van der Waals surface area contributed by atoms with E-state index in [-0.39, 0.29) is 17.8 Å². The van der Waals surface area contributed by atoms with Crippen molar-refractivity contribution in [1.29, 1.82) is 0 Å². The van der Waals surface area contributed by atoms with Crippen LogP contribution in [0.4, 0.5) is 5.82 Å². The Morgan fingerprint density at radius 2 is 2.30 bits per heavy atom. The van der Waals surface area contributed by atoms with Crippen LogP contribution in [0.5, 0.6) is 0 Å². The lowest BCUT2D eigenvalue weighted by Crippen LogP contribution is -2.41. The van der Waals surface area contributed by atoms with E-state index in [2.05, 4.69) is 17.2 Å². The number of hydrogen-bond donors (Lipinski definition) is 1. The Hall–Kier alpha value is -1.92. The van der Waals surface area contributed by atoms with E-state index in [0.29, 0.717) is 18.9 Å².